The lowest BCUT2D eigenvalue weighted by Crippen LogP contribution is -2.32. The normalized spacial score (nSPS) is 13.4. The third-order valence-electron chi connectivity index (χ3n) is 3.37. The standard InChI is InChI=1S/C14H23N3O/c1-5-11(4)17(6-2)13-8-7-12(9-10(13)3)14(15)16-18/h7-9,11,18H,5-6H2,1-4H3,(H2,15,16). The number of aryl methyl sites for hydroxylation is 1. The second-order valence-corrected chi connectivity index (χ2v) is 4.53. The summed E-state index contributed by atoms with van der Waals surface area (Å²) in [7, 11) is 0. The Morgan fingerprint density at radius 3 is 2.56 bits per heavy atom. The van der Waals surface area contributed by atoms with Crippen LogP contribution < -0.4 is 10.6 Å². The Morgan fingerprint density at radius 2 is 2.11 bits per heavy atom. The first-order valence-corrected chi connectivity index (χ1v) is 6.40. The van der Waals surface area contributed by atoms with E-state index in [2.05, 4.69) is 37.8 Å². The monoisotopic (exact) mass is 249 g/mol. The highest BCUT2D eigenvalue weighted by Gasteiger charge is 2.13. The molecule has 3 N–H and O–H groups in total. The molecule has 1 atom stereocenters. The van der Waals surface area contributed by atoms with Crippen molar-refractivity contribution in [3.05, 3.63) is 29.3 Å². The summed E-state index contributed by atoms with van der Waals surface area (Å²) in [6.07, 6.45) is 1.11. The van der Waals surface area contributed by atoms with Crippen LogP contribution >= 0.6 is 0 Å². The largest absolute Gasteiger partial charge is 0.409 e. The number of amidine groups is 1. The van der Waals surface area contributed by atoms with Gasteiger partial charge in [0.15, 0.2) is 5.84 Å². The Labute approximate surface area is 109 Å². The predicted octanol–water partition coefficient (Wildman–Crippen LogP) is 2.71. The second-order valence-electron chi connectivity index (χ2n) is 4.53. The minimum atomic E-state index is 0.149. The van der Waals surface area contributed by atoms with E-state index in [9.17, 15) is 0 Å². The van der Waals surface area contributed by atoms with E-state index in [1.54, 1.807) is 0 Å². The average molecular weight is 249 g/mol. The van der Waals surface area contributed by atoms with Crippen LogP contribution in [0.15, 0.2) is 23.4 Å². The van der Waals surface area contributed by atoms with Crippen molar-refractivity contribution in [1.82, 2.24) is 0 Å². The van der Waals surface area contributed by atoms with Crippen LogP contribution in [0.25, 0.3) is 0 Å². The van der Waals surface area contributed by atoms with Gasteiger partial charge in [-0.2, -0.15) is 0 Å². The molecule has 0 aliphatic carbocycles. The van der Waals surface area contributed by atoms with Crippen molar-refractivity contribution >= 4 is 11.5 Å². The molecule has 4 heteroatoms. The molecule has 0 amide bonds. The van der Waals surface area contributed by atoms with Gasteiger partial charge in [-0.15, -0.1) is 0 Å². The van der Waals surface area contributed by atoms with Crippen molar-refractivity contribution in [1.29, 1.82) is 0 Å². The van der Waals surface area contributed by atoms with Crippen LogP contribution in [0.4, 0.5) is 5.69 Å². The molecular weight excluding hydrogens is 226 g/mol. The van der Waals surface area contributed by atoms with Gasteiger partial charge < -0.3 is 15.8 Å². The number of hydrogen-bond donors (Lipinski definition) is 2. The summed E-state index contributed by atoms with van der Waals surface area (Å²) in [6, 6.07) is 6.39. The molecule has 1 aromatic rings. The van der Waals surface area contributed by atoms with Crippen molar-refractivity contribution in [3.8, 4) is 0 Å². The Hall–Kier alpha value is -1.71. The summed E-state index contributed by atoms with van der Waals surface area (Å²) >= 11 is 0. The van der Waals surface area contributed by atoms with Crippen LogP contribution in [-0.2, 0) is 0 Å². The minimum absolute atomic E-state index is 0.149. The SMILES string of the molecule is CCC(C)N(CC)c1ccc(/C(N)=N/O)cc1C. The van der Waals surface area contributed by atoms with Crippen molar-refractivity contribution in [3.63, 3.8) is 0 Å². The second kappa shape index (κ2) is 6.28. The highest BCUT2D eigenvalue weighted by Crippen LogP contribution is 2.24. The summed E-state index contributed by atoms with van der Waals surface area (Å²) in [5.41, 5.74) is 8.69. The molecule has 1 rings (SSSR count). The molecule has 0 aromatic heterocycles. The maximum atomic E-state index is 8.68. The first-order chi connectivity index (χ1) is 8.54. The molecule has 0 fully saturated rings. The van der Waals surface area contributed by atoms with E-state index in [0.29, 0.717) is 6.04 Å². The zero-order chi connectivity index (χ0) is 13.7. The summed E-state index contributed by atoms with van der Waals surface area (Å²) in [5.74, 6) is 0.149. The van der Waals surface area contributed by atoms with E-state index in [0.717, 1.165) is 24.1 Å². The maximum absolute atomic E-state index is 8.68. The first kappa shape index (κ1) is 14.4. The third-order valence-corrected chi connectivity index (χ3v) is 3.37. The maximum Gasteiger partial charge on any atom is 0.170 e. The van der Waals surface area contributed by atoms with Crippen LogP contribution in [0.2, 0.25) is 0 Å². The van der Waals surface area contributed by atoms with Crippen LogP contribution in [0.5, 0.6) is 0 Å². The highest BCUT2D eigenvalue weighted by atomic mass is 16.4. The Bertz CT molecular complexity index is 429. The minimum Gasteiger partial charge on any atom is -0.409 e. The molecular formula is C14H23N3O. The van der Waals surface area contributed by atoms with E-state index in [-0.39, 0.29) is 5.84 Å². The highest BCUT2D eigenvalue weighted by molar-refractivity contribution is 5.97. The molecule has 0 saturated carbocycles. The van der Waals surface area contributed by atoms with Gasteiger partial charge in [0.1, 0.15) is 0 Å². The molecule has 100 valence electrons. The Morgan fingerprint density at radius 1 is 1.44 bits per heavy atom. The summed E-state index contributed by atoms with van der Waals surface area (Å²) in [4.78, 5) is 2.37. The zero-order valence-electron chi connectivity index (χ0n) is 11.6. The van der Waals surface area contributed by atoms with Gasteiger partial charge in [0.2, 0.25) is 0 Å². The van der Waals surface area contributed by atoms with Gasteiger partial charge in [-0.3, -0.25) is 0 Å². The first-order valence-electron chi connectivity index (χ1n) is 6.40. The molecule has 0 spiro atoms. The number of anilines is 1. The zero-order valence-corrected chi connectivity index (χ0v) is 11.6. The molecule has 1 aromatic carbocycles. The van der Waals surface area contributed by atoms with Crippen molar-refractivity contribution in [2.75, 3.05) is 11.4 Å². The molecule has 0 saturated heterocycles. The third kappa shape index (κ3) is 2.94. The number of benzene rings is 1. The fourth-order valence-electron chi connectivity index (χ4n) is 2.13. The lowest BCUT2D eigenvalue weighted by molar-refractivity contribution is 0.318. The van der Waals surface area contributed by atoms with Gasteiger partial charge in [0.25, 0.3) is 0 Å². The smallest absolute Gasteiger partial charge is 0.170 e. The quantitative estimate of drug-likeness (QED) is 0.365. The summed E-state index contributed by atoms with van der Waals surface area (Å²) in [6.45, 7) is 9.59. The topological polar surface area (TPSA) is 61.8 Å². The number of hydrogen-bond acceptors (Lipinski definition) is 3. The average Bonchev–Trinajstić information content (AvgIpc) is 2.39. The van der Waals surface area contributed by atoms with Gasteiger partial charge in [0, 0.05) is 23.8 Å². The van der Waals surface area contributed by atoms with Crippen molar-refractivity contribution in [2.45, 2.75) is 40.2 Å². The number of nitrogens with zero attached hydrogens (tertiary/aromatic N) is 2. The van der Waals surface area contributed by atoms with E-state index in [4.69, 9.17) is 10.9 Å². The van der Waals surface area contributed by atoms with Crippen LogP contribution in [0.1, 0.15) is 38.3 Å². The Kier molecular flexibility index (Phi) is 5.01. The molecule has 4 nitrogen and oxygen atoms in total. The lowest BCUT2D eigenvalue weighted by Gasteiger charge is -2.31. The molecule has 0 bridgehead atoms. The van der Waals surface area contributed by atoms with Crippen LogP contribution in [0.3, 0.4) is 0 Å². The van der Waals surface area contributed by atoms with E-state index in [1.807, 2.05) is 18.2 Å². The van der Waals surface area contributed by atoms with Crippen LogP contribution in [0, 0.1) is 6.92 Å². The molecule has 0 heterocycles. The molecule has 0 aliphatic rings. The van der Waals surface area contributed by atoms with Gasteiger partial charge in [-0.1, -0.05) is 12.1 Å². The molecule has 18 heavy (non-hydrogen) atoms. The number of nitrogens with two attached hydrogens (primary N) is 1. The van der Waals surface area contributed by atoms with Gasteiger partial charge >= 0.3 is 0 Å². The Balaban J connectivity index is 3.11. The fourth-order valence-corrected chi connectivity index (χ4v) is 2.13. The molecule has 1 unspecified atom stereocenters. The summed E-state index contributed by atoms with van der Waals surface area (Å²) < 4.78 is 0. The predicted molar refractivity (Wildman–Crippen MR) is 76.5 cm³/mol. The summed E-state index contributed by atoms with van der Waals surface area (Å²) in [5, 5.41) is 11.7. The van der Waals surface area contributed by atoms with Gasteiger partial charge in [-0.25, -0.2) is 0 Å². The van der Waals surface area contributed by atoms with E-state index in [1.165, 1.54) is 5.69 Å². The lowest BCUT2D eigenvalue weighted by atomic mass is 10.1. The van der Waals surface area contributed by atoms with Gasteiger partial charge in [-0.05, 0) is 51.0 Å². The molecule has 0 radical (unpaired) electrons. The van der Waals surface area contributed by atoms with E-state index < -0.39 is 0 Å². The van der Waals surface area contributed by atoms with Crippen LogP contribution in [-0.4, -0.2) is 23.6 Å². The van der Waals surface area contributed by atoms with Gasteiger partial charge in [0.05, 0.1) is 0 Å². The molecule has 0 aliphatic heterocycles. The number of rotatable bonds is 5. The number of oxime groups is 1. The fraction of sp³-hybridized carbons (Fsp3) is 0.500. The van der Waals surface area contributed by atoms with E-state index >= 15 is 0 Å². The van der Waals surface area contributed by atoms with Crippen molar-refractivity contribution in [2.24, 2.45) is 10.9 Å². The van der Waals surface area contributed by atoms with Crippen molar-refractivity contribution < 1.29 is 5.21 Å².